The third kappa shape index (κ3) is 1.99. The van der Waals surface area contributed by atoms with Crippen LogP contribution in [0.5, 0.6) is 0 Å². The molecule has 70 valence electrons. The van der Waals surface area contributed by atoms with Crippen molar-refractivity contribution in [2.24, 2.45) is 5.73 Å². The van der Waals surface area contributed by atoms with Crippen LogP contribution in [0.25, 0.3) is 0 Å². The fourth-order valence-electron chi connectivity index (χ4n) is 1.15. The number of carbonyl (C=O) groups is 1. The summed E-state index contributed by atoms with van der Waals surface area (Å²) in [5.74, 6) is -1.04. The van der Waals surface area contributed by atoms with Crippen LogP contribution in [0.3, 0.4) is 0 Å². The summed E-state index contributed by atoms with van der Waals surface area (Å²) in [6.45, 7) is 1.72. The summed E-state index contributed by atoms with van der Waals surface area (Å²) < 4.78 is 0. The maximum Gasteiger partial charge on any atom is 0.337 e. The zero-order valence-electron chi connectivity index (χ0n) is 7.12. The van der Waals surface area contributed by atoms with E-state index in [-0.39, 0.29) is 16.6 Å². The average Bonchev–Trinajstić information content (AvgIpc) is 2.02. The number of hydrogen-bond donors (Lipinski definition) is 2. The standard InChI is InChI=1S/C9H10ClNO2/c1-5(11)6-3-2-4-7(10)8(6)9(12)13/h2-5H,11H2,1H3,(H,12,13)/t5-/m1/s1. The second-order valence-corrected chi connectivity index (χ2v) is 3.21. The molecule has 1 aromatic carbocycles. The molecule has 0 radical (unpaired) electrons. The van der Waals surface area contributed by atoms with Gasteiger partial charge in [-0.3, -0.25) is 0 Å². The molecule has 0 saturated carbocycles. The van der Waals surface area contributed by atoms with Crippen LogP contribution in [0.2, 0.25) is 5.02 Å². The van der Waals surface area contributed by atoms with Gasteiger partial charge >= 0.3 is 5.97 Å². The molecule has 1 aromatic rings. The largest absolute Gasteiger partial charge is 0.478 e. The third-order valence-electron chi connectivity index (χ3n) is 1.75. The van der Waals surface area contributed by atoms with Gasteiger partial charge in [-0.25, -0.2) is 4.79 Å². The van der Waals surface area contributed by atoms with Crippen LogP contribution in [0.4, 0.5) is 0 Å². The molecular weight excluding hydrogens is 190 g/mol. The Kier molecular flexibility index (Phi) is 2.90. The van der Waals surface area contributed by atoms with Gasteiger partial charge in [0, 0.05) is 6.04 Å². The first kappa shape index (κ1) is 10.0. The predicted molar refractivity (Wildman–Crippen MR) is 51.0 cm³/mol. The van der Waals surface area contributed by atoms with E-state index >= 15 is 0 Å². The number of rotatable bonds is 2. The quantitative estimate of drug-likeness (QED) is 0.767. The lowest BCUT2D eigenvalue weighted by atomic mass is 10.0. The van der Waals surface area contributed by atoms with Crippen molar-refractivity contribution in [3.63, 3.8) is 0 Å². The first-order valence-corrected chi connectivity index (χ1v) is 4.19. The highest BCUT2D eigenvalue weighted by Crippen LogP contribution is 2.23. The molecule has 0 unspecified atom stereocenters. The van der Waals surface area contributed by atoms with Crippen LogP contribution in [0.1, 0.15) is 28.9 Å². The summed E-state index contributed by atoms with van der Waals surface area (Å²) in [6, 6.07) is 4.56. The number of benzene rings is 1. The Balaban J connectivity index is 3.34. The molecule has 0 aliphatic carbocycles. The number of halogens is 1. The Hall–Kier alpha value is -1.06. The summed E-state index contributed by atoms with van der Waals surface area (Å²) in [6.07, 6.45) is 0. The average molecular weight is 200 g/mol. The first-order valence-electron chi connectivity index (χ1n) is 3.81. The molecule has 1 rings (SSSR count). The van der Waals surface area contributed by atoms with Gasteiger partial charge in [0.25, 0.3) is 0 Å². The topological polar surface area (TPSA) is 63.3 Å². The normalized spacial score (nSPS) is 12.5. The van der Waals surface area contributed by atoms with Crippen LogP contribution in [0.15, 0.2) is 18.2 Å². The first-order chi connectivity index (χ1) is 6.04. The van der Waals surface area contributed by atoms with Gasteiger partial charge in [-0.05, 0) is 18.6 Å². The fraction of sp³-hybridized carbons (Fsp3) is 0.222. The minimum absolute atomic E-state index is 0.0965. The minimum Gasteiger partial charge on any atom is -0.478 e. The Morgan fingerprint density at radius 1 is 1.62 bits per heavy atom. The van der Waals surface area contributed by atoms with Gasteiger partial charge in [-0.1, -0.05) is 23.7 Å². The van der Waals surface area contributed by atoms with Crippen molar-refractivity contribution < 1.29 is 9.90 Å². The molecule has 0 amide bonds. The molecule has 0 aromatic heterocycles. The SMILES string of the molecule is C[C@@H](N)c1cccc(Cl)c1C(=O)O. The number of aromatic carboxylic acids is 1. The van der Waals surface area contributed by atoms with E-state index in [1.54, 1.807) is 19.1 Å². The maximum atomic E-state index is 10.8. The molecular formula is C9H10ClNO2. The molecule has 13 heavy (non-hydrogen) atoms. The fourth-order valence-corrected chi connectivity index (χ4v) is 1.41. The van der Waals surface area contributed by atoms with Crippen molar-refractivity contribution in [3.05, 3.63) is 34.3 Å². The second kappa shape index (κ2) is 3.77. The lowest BCUT2D eigenvalue weighted by Gasteiger charge is -2.10. The van der Waals surface area contributed by atoms with E-state index in [4.69, 9.17) is 22.4 Å². The van der Waals surface area contributed by atoms with Crippen molar-refractivity contribution >= 4 is 17.6 Å². The van der Waals surface area contributed by atoms with Gasteiger partial charge in [0.1, 0.15) is 0 Å². The van der Waals surface area contributed by atoms with E-state index in [1.165, 1.54) is 6.07 Å². The zero-order chi connectivity index (χ0) is 10.0. The van der Waals surface area contributed by atoms with E-state index in [2.05, 4.69) is 0 Å². The molecule has 4 heteroatoms. The summed E-state index contributed by atoms with van der Waals surface area (Å²) >= 11 is 5.73. The highest BCUT2D eigenvalue weighted by molar-refractivity contribution is 6.33. The Morgan fingerprint density at radius 2 is 2.23 bits per heavy atom. The van der Waals surface area contributed by atoms with Crippen molar-refractivity contribution in [2.75, 3.05) is 0 Å². The summed E-state index contributed by atoms with van der Waals surface area (Å²) in [4.78, 5) is 10.8. The Morgan fingerprint density at radius 3 is 2.62 bits per heavy atom. The molecule has 0 aliphatic rings. The van der Waals surface area contributed by atoms with Gasteiger partial charge in [0.2, 0.25) is 0 Å². The van der Waals surface area contributed by atoms with Gasteiger partial charge < -0.3 is 10.8 Å². The van der Waals surface area contributed by atoms with Gasteiger partial charge in [-0.15, -0.1) is 0 Å². The van der Waals surface area contributed by atoms with Crippen LogP contribution >= 0.6 is 11.6 Å². The van der Waals surface area contributed by atoms with E-state index in [1.807, 2.05) is 0 Å². The highest BCUT2D eigenvalue weighted by Gasteiger charge is 2.15. The van der Waals surface area contributed by atoms with E-state index in [0.29, 0.717) is 5.56 Å². The molecule has 3 nitrogen and oxygen atoms in total. The van der Waals surface area contributed by atoms with Gasteiger partial charge in [0.05, 0.1) is 10.6 Å². The maximum absolute atomic E-state index is 10.8. The van der Waals surface area contributed by atoms with E-state index in [0.717, 1.165) is 0 Å². The molecule has 0 fully saturated rings. The molecule has 0 aliphatic heterocycles. The smallest absolute Gasteiger partial charge is 0.337 e. The van der Waals surface area contributed by atoms with Crippen molar-refractivity contribution in [1.82, 2.24) is 0 Å². The van der Waals surface area contributed by atoms with E-state index < -0.39 is 5.97 Å². The molecule has 0 spiro atoms. The molecule has 0 bridgehead atoms. The van der Waals surface area contributed by atoms with Gasteiger partial charge in [0.15, 0.2) is 0 Å². The van der Waals surface area contributed by atoms with E-state index in [9.17, 15) is 4.79 Å². The van der Waals surface area contributed by atoms with Crippen LogP contribution < -0.4 is 5.73 Å². The summed E-state index contributed by atoms with van der Waals surface area (Å²) in [5, 5.41) is 9.08. The van der Waals surface area contributed by atoms with Gasteiger partial charge in [-0.2, -0.15) is 0 Å². The zero-order valence-corrected chi connectivity index (χ0v) is 7.88. The summed E-state index contributed by atoms with van der Waals surface area (Å²) in [5.41, 5.74) is 6.25. The second-order valence-electron chi connectivity index (χ2n) is 2.80. The lowest BCUT2D eigenvalue weighted by Crippen LogP contribution is -2.12. The van der Waals surface area contributed by atoms with Crippen molar-refractivity contribution in [2.45, 2.75) is 13.0 Å². The summed E-state index contributed by atoms with van der Waals surface area (Å²) in [7, 11) is 0. The Bertz CT molecular complexity index is 336. The molecule has 1 atom stereocenters. The van der Waals surface area contributed by atoms with Crippen molar-refractivity contribution in [3.8, 4) is 0 Å². The highest BCUT2D eigenvalue weighted by atomic mass is 35.5. The number of nitrogens with two attached hydrogens (primary N) is 1. The number of carboxylic acids is 1. The van der Waals surface area contributed by atoms with Crippen LogP contribution in [-0.4, -0.2) is 11.1 Å². The molecule has 3 N–H and O–H groups in total. The Labute approximate surface area is 81.1 Å². The van der Waals surface area contributed by atoms with Crippen LogP contribution in [-0.2, 0) is 0 Å². The molecule has 0 heterocycles. The minimum atomic E-state index is -1.04. The number of carboxylic acid groups (broad SMARTS) is 1. The predicted octanol–water partition coefficient (Wildman–Crippen LogP) is 2.06. The number of hydrogen-bond acceptors (Lipinski definition) is 2. The van der Waals surface area contributed by atoms with Crippen molar-refractivity contribution in [1.29, 1.82) is 0 Å². The molecule has 0 saturated heterocycles. The van der Waals surface area contributed by atoms with Crippen LogP contribution in [0, 0.1) is 0 Å². The monoisotopic (exact) mass is 199 g/mol. The lowest BCUT2D eigenvalue weighted by molar-refractivity contribution is 0.0695. The third-order valence-corrected chi connectivity index (χ3v) is 2.07.